The summed E-state index contributed by atoms with van der Waals surface area (Å²) in [5.74, 6) is -0.147. The Kier molecular flexibility index (Phi) is 4.73. The summed E-state index contributed by atoms with van der Waals surface area (Å²) in [4.78, 5) is 0. The van der Waals surface area contributed by atoms with Crippen LogP contribution in [0.15, 0.2) is 42.5 Å². The number of ether oxygens (including phenoxy) is 1. The van der Waals surface area contributed by atoms with Gasteiger partial charge in [0, 0.05) is 11.7 Å². The molecular weight excluding hydrogens is 279 g/mol. The Morgan fingerprint density at radius 3 is 2.29 bits per heavy atom. The number of alkyl halides is 2. The lowest BCUT2D eigenvalue weighted by atomic mass is 10.1. The molecule has 0 heterocycles. The molecule has 1 unspecified atom stereocenters. The molecule has 2 aromatic carbocycles. The van der Waals surface area contributed by atoms with Crippen LogP contribution in [-0.2, 0) is 0 Å². The zero-order valence-corrected chi connectivity index (χ0v) is 11.7. The fraction of sp³-hybridized carbons (Fsp3) is 0.250. The van der Waals surface area contributed by atoms with E-state index in [-0.39, 0.29) is 17.6 Å². The minimum absolute atomic E-state index is 0.101. The summed E-state index contributed by atoms with van der Waals surface area (Å²) >= 11 is 0. The SMILES string of the molecule is Cc1ccc(C(C)Nc2ccc(OC(F)F)cc2)cc1F. The van der Waals surface area contributed by atoms with Crippen molar-refractivity contribution in [3.8, 4) is 5.75 Å². The second-order valence-corrected chi connectivity index (χ2v) is 4.78. The van der Waals surface area contributed by atoms with Crippen LogP contribution in [0, 0.1) is 12.7 Å². The second kappa shape index (κ2) is 6.52. The lowest BCUT2D eigenvalue weighted by Gasteiger charge is -2.16. The number of hydrogen-bond donors (Lipinski definition) is 1. The molecule has 0 aliphatic rings. The van der Waals surface area contributed by atoms with Gasteiger partial charge in [-0.05, 0) is 55.3 Å². The molecule has 0 saturated heterocycles. The van der Waals surface area contributed by atoms with E-state index in [0.29, 0.717) is 5.56 Å². The number of benzene rings is 2. The van der Waals surface area contributed by atoms with Gasteiger partial charge in [0.1, 0.15) is 11.6 Å². The van der Waals surface area contributed by atoms with Crippen LogP contribution < -0.4 is 10.1 Å². The molecule has 0 spiro atoms. The molecule has 112 valence electrons. The third-order valence-electron chi connectivity index (χ3n) is 3.16. The fourth-order valence-corrected chi connectivity index (χ4v) is 1.94. The van der Waals surface area contributed by atoms with Crippen molar-refractivity contribution in [2.75, 3.05) is 5.32 Å². The first-order chi connectivity index (χ1) is 9.95. The molecule has 5 heteroatoms. The third-order valence-corrected chi connectivity index (χ3v) is 3.16. The van der Waals surface area contributed by atoms with Gasteiger partial charge in [0.05, 0.1) is 0 Å². The fourth-order valence-electron chi connectivity index (χ4n) is 1.94. The van der Waals surface area contributed by atoms with Crippen LogP contribution in [0.4, 0.5) is 18.9 Å². The van der Waals surface area contributed by atoms with E-state index in [0.717, 1.165) is 11.3 Å². The molecule has 2 nitrogen and oxygen atoms in total. The van der Waals surface area contributed by atoms with Crippen LogP contribution in [0.25, 0.3) is 0 Å². The zero-order chi connectivity index (χ0) is 15.4. The van der Waals surface area contributed by atoms with Gasteiger partial charge in [-0.15, -0.1) is 0 Å². The van der Waals surface area contributed by atoms with E-state index >= 15 is 0 Å². The average molecular weight is 295 g/mol. The molecule has 1 atom stereocenters. The number of rotatable bonds is 5. The quantitative estimate of drug-likeness (QED) is 0.846. The van der Waals surface area contributed by atoms with Gasteiger partial charge in [0.25, 0.3) is 0 Å². The normalized spacial score (nSPS) is 12.3. The molecule has 21 heavy (non-hydrogen) atoms. The van der Waals surface area contributed by atoms with E-state index in [1.165, 1.54) is 18.2 Å². The van der Waals surface area contributed by atoms with Crippen molar-refractivity contribution in [1.29, 1.82) is 0 Å². The average Bonchev–Trinajstić information content (AvgIpc) is 2.43. The van der Waals surface area contributed by atoms with Gasteiger partial charge in [-0.1, -0.05) is 12.1 Å². The molecule has 0 fully saturated rings. The summed E-state index contributed by atoms with van der Waals surface area (Å²) in [6.45, 7) is 0.769. The van der Waals surface area contributed by atoms with E-state index in [4.69, 9.17) is 0 Å². The maximum atomic E-state index is 13.5. The van der Waals surface area contributed by atoms with Crippen LogP contribution in [-0.4, -0.2) is 6.61 Å². The summed E-state index contributed by atoms with van der Waals surface area (Å²) < 4.78 is 41.9. The Hall–Kier alpha value is -2.17. The Bertz CT molecular complexity index is 599. The first kappa shape index (κ1) is 15.2. The van der Waals surface area contributed by atoms with Crippen molar-refractivity contribution >= 4 is 5.69 Å². The van der Waals surface area contributed by atoms with Gasteiger partial charge in [0.2, 0.25) is 0 Å². The monoisotopic (exact) mass is 295 g/mol. The van der Waals surface area contributed by atoms with E-state index in [2.05, 4.69) is 10.1 Å². The smallest absolute Gasteiger partial charge is 0.387 e. The van der Waals surface area contributed by atoms with Crippen LogP contribution in [0.3, 0.4) is 0 Å². The Morgan fingerprint density at radius 1 is 1.05 bits per heavy atom. The Labute approximate surface area is 121 Å². The number of aryl methyl sites for hydroxylation is 1. The molecule has 0 aliphatic carbocycles. The van der Waals surface area contributed by atoms with Crippen molar-refractivity contribution < 1.29 is 17.9 Å². The van der Waals surface area contributed by atoms with Crippen molar-refractivity contribution in [2.45, 2.75) is 26.5 Å². The van der Waals surface area contributed by atoms with Crippen LogP contribution in [0.5, 0.6) is 5.75 Å². The number of nitrogens with one attached hydrogen (secondary N) is 1. The summed E-state index contributed by atoms with van der Waals surface area (Å²) in [7, 11) is 0. The molecule has 0 aliphatic heterocycles. The lowest BCUT2D eigenvalue weighted by Crippen LogP contribution is -2.07. The number of anilines is 1. The Morgan fingerprint density at radius 2 is 1.71 bits per heavy atom. The zero-order valence-electron chi connectivity index (χ0n) is 11.7. The predicted octanol–water partition coefficient (Wildman–Crippen LogP) is 4.91. The highest BCUT2D eigenvalue weighted by Crippen LogP contribution is 2.23. The van der Waals surface area contributed by atoms with E-state index in [9.17, 15) is 13.2 Å². The first-order valence-corrected chi connectivity index (χ1v) is 6.53. The van der Waals surface area contributed by atoms with Crippen molar-refractivity contribution in [3.63, 3.8) is 0 Å². The number of hydrogen-bond acceptors (Lipinski definition) is 2. The highest BCUT2D eigenvalue weighted by atomic mass is 19.3. The number of halogens is 3. The maximum Gasteiger partial charge on any atom is 0.387 e. The van der Waals surface area contributed by atoms with Gasteiger partial charge >= 0.3 is 6.61 Å². The summed E-state index contributed by atoms with van der Waals surface area (Å²) in [5, 5.41) is 3.18. The van der Waals surface area contributed by atoms with Gasteiger partial charge in [-0.3, -0.25) is 0 Å². The minimum Gasteiger partial charge on any atom is -0.435 e. The first-order valence-electron chi connectivity index (χ1n) is 6.53. The molecule has 0 radical (unpaired) electrons. The second-order valence-electron chi connectivity index (χ2n) is 4.78. The molecule has 0 amide bonds. The molecule has 0 saturated carbocycles. The van der Waals surface area contributed by atoms with Crippen LogP contribution >= 0.6 is 0 Å². The van der Waals surface area contributed by atoms with Gasteiger partial charge < -0.3 is 10.1 Å². The molecular formula is C16H16F3NO. The third kappa shape index (κ3) is 4.15. The van der Waals surface area contributed by atoms with Crippen molar-refractivity contribution in [1.82, 2.24) is 0 Å². The lowest BCUT2D eigenvalue weighted by molar-refractivity contribution is -0.0498. The molecule has 0 bridgehead atoms. The highest BCUT2D eigenvalue weighted by molar-refractivity contribution is 5.48. The standard InChI is InChI=1S/C16H16F3NO/c1-10-3-4-12(9-15(10)17)11(2)20-13-5-7-14(8-6-13)21-16(18)19/h3-9,11,16,20H,1-2H3. The molecule has 2 rings (SSSR count). The molecule has 1 N–H and O–H groups in total. The summed E-state index contributed by atoms with van der Waals surface area (Å²) in [6.07, 6.45) is 0. The van der Waals surface area contributed by atoms with E-state index < -0.39 is 6.61 Å². The van der Waals surface area contributed by atoms with Gasteiger partial charge in [0.15, 0.2) is 0 Å². The van der Waals surface area contributed by atoms with E-state index in [1.54, 1.807) is 25.1 Å². The summed E-state index contributed by atoms with van der Waals surface area (Å²) in [6, 6.07) is 11.1. The topological polar surface area (TPSA) is 21.3 Å². The van der Waals surface area contributed by atoms with E-state index in [1.807, 2.05) is 13.0 Å². The van der Waals surface area contributed by atoms with Crippen LogP contribution in [0.1, 0.15) is 24.1 Å². The molecule has 0 aromatic heterocycles. The molecule has 2 aromatic rings. The largest absolute Gasteiger partial charge is 0.435 e. The minimum atomic E-state index is -2.83. The summed E-state index contributed by atoms with van der Waals surface area (Å²) in [5.41, 5.74) is 2.15. The van der Waals surface area contributed by atoms with Crippen molar-refractivity contribution in [2.24, 2.45) is 0 Å². The van der Waals surface area contributed by atoms with Gasteiger partial charge in [-0.2, -0.15) is 8.78 Å². The predicted molar refractivity (Wildman–Crippen MR) is 76.2 cm³/mol. The van der Waals surface area contributed by atoms with Crippen LogP contribution in [0.2, 0.25) is 0 Å². The highest BCUT2D eigenvalue weighted by Gasteiger charge is 2.08. The van der Waals surface area contributed by atoms with Gasteiger partial charge in [-0.25, -0.2) is 4.39 Å². The van der Waals surface area contributed by atoms with Crippen molar-refractivity contribution in [3.05, 3.63) is 59.4 Å². The maximum absolute atomic E-state index is 13.5. The Balaban J connectivity index is 2.04.